The molecule has 0 aliphatic carbocycles. The third-order valence-corrected chi connectivity index (χ3v) is 7.82. The van der Waals surface area contributed by atoms with Crippen molar-refractivity contribution in [3.8, 4) is 17.6 Å². The predicted octanol–water partition coefficient (Wildman–Crippen LogP) is 3.49. The monoisotopic (exact) mass is 561 g/mol. The summed E-state index contributed by atoms with van der Waals surface area (Å²) in [6.07, 6.45) is 4.12. The molecule has 0 spiro atoms. The number of nitrogens with zero attached hydrogens (tertiary/aromatic N) is 4. The van der Waals surface area contributed by atoms with Crippen molar-refractivity contribution in [2.45, 2.75) is 39.2 Å². The predicted molar refractivity (Wildman–Crippen MR) is 158 cm³/mol. The summed E-state index contributed by atoms with van der Waals surface area (Å²) in [5, 5.41) is 16.3. The summed E-state index contributed by atoms with van der Waals surface area (Å²) < 4.78 is 17.5. The summed E-state index contributed by atoms with van der Waals surface area (Å²) in [6, 6.07) is 8.14. The summed E-state index contributed by atoms with van der Waals surface area (Å²) in [5.74, 6) is 1.48. The van der Waals surface area contributed by atoms with E-state index >= 15 is 0 Å². The number of amides is 1. The molecular weight excluding hydrogens is 522 g/mol. The zero-order valence-corrected chi connectivity index (χ0v) is 23.9. The lowest BCUT2D eigenvalue weighted by Crippen LogP contribution is -2.50. The van der Waals surface area contributed by atoms with Gasteiger partial charge in [-0.15, -0.1) is 0 Å². The maximum absolute atomic E-state index is 13.6. The number of aromatic nitrogens is 1. The molecule has 1 aromatic carbocycles. The number of carbonyl (C=O) groups excluding carboxylic acids is 1. The van der Waals surface area contributed by atoms with Gasteiger partial charge in [-0.05, 0) is 38.3 Å². The first kappa shape index (κ1) is 28.5. The number of ether oxygens (including phenoxy) is 3. The lowest BCUT2D eigenvalue weighted by Gasteiger charge is -2.40. The fraction of sp³-hybridized carbons (Fsp3) is 0.500. The Morgan fingerprint density at radius 1 is 1.12 bits per heavy atom. The molecule has 1 aromatic heterocycles. The van der Waals surface area contributed by atoms with Crippen LogP contribution in [-0.4, -0.2) is 85.9 Å². The standard InChI is InChI=1S/C30H39N7O4/c1-3-8-33-25-17-26(34-20(2)27(25)21(18-31)19-32)35-24-5-4-23(28-29(24)41-16-15-40-28)30(38)37-9-6-22(7-10-37)36-11-13-39-14-12-36/h4-5,17-18,22H,3,6-16,31H2,1-2H3,(H2,33,34,35)/b21-18-. The minimum Gasteiger partial charge on any atom is -0.485 e. The van der Waals surface area contributed by atoms with Crippen molar-refractivity contribution in [2.24, 2.45) is 5.73 Å². The number of piperidine rings is 1. The number of allylic oxidation sites excluding steroid dienone is 1. The molecular formula is C30H39N7O4. The van der Waals surface area contributed by atoms with Crippen LogP contribution in [0.3, 0.4) is 0 Å². The molecule has 0 atom stereocenters. The molecule has 11 nitrogen and oxygen atoms in total. The third-order valence-electron chi connectivity index (χ3n) is 7.82. The van der Waals surface area contributed by atoms with Gasteiger partial charge in [-0.1, -0.05) is 6.92 Å². The average Bonchev–Trinajstić information content (AvgIpc) is 3.02. The second kappa shape index (κ2) is 13.1. The number of likely N-dealkylation sites (tertiary alicyclic amines) is 1. The third kappa shape index (κ3) is 6.19. The molecule has 41 heavy (non-hydrogen) atoms. The molecule has 2 fully saturated rings. The Kier molecular flexibility index (Phi) is 9.11. The van der Waals surface area contributed by atoms with Gasteiger partial charge in [0.1, 0.15) is 25.1 Å². The SMILES string of the molecule is CCCNc1cc(Nc2ccc(C(=O)N3CCC(N4CCOCC4)CC3)c3c2OCCO3)nc(C)c1/C(C#N)=C\N. The number of nitrogens with two attached hydrogens (primary N) is 1. The number of benzene rings is 1. The fourth-order valence-corrected chi connectivity index (χ4v) is 5.74. The van der Waals surface area contributed by atoms with Crippen molar-refractivity contribution in [3.63, 3.8) is 0 Å². The van der Waals surface area contributed by atoms with E-state index in [9.17, 15) is 10.1 Å². The van der Waals surface area contributed by atoms with Gasteiger partial charge in [-0.25, -0.2) is 4.98 Å². The van der Waals surface area contributed by atoms with E-state index in [2.05, 4.69) is 28.5 Å². The van der Waals surface area contributed by atoms with Crippen molar-refractivity contribution in [1.82, 2.24) is 14.8 Å². The second-order valence-electron chi connectivity index (χ2n) is 10.4. The van der Waals surface area contributed by atoms with Gasteiger partial charge in [0.15, 0.2) is 11.5 Å². The van der Waals surface area contributed by atoms with Gasteiger partial charge in [-0.3, -0.25) is 9.69 Å². The molecule has 0 saturated carbocycles. The van der Waals surface area contributed by atoms with Crippen LogP contribution < -0.4 is 25.8 Å². The molecule has 3 aliphatic rings. The van der Waals surface area contributed by atoms with Gasteiger partial charge < -0.3 is 35.5 Å². The van der Waals surface area contributed by atoms with Gasteiger partial charge in [-0.2, -0.15) is 5.26 Å². The number of pyridine rings is 1. The van der Waals surface area contributed by atoms with Gasteiger partial charge >= 0.3 is 0 Å². The van der Waals surface area contributed by atoms with Crippen molar-refractivity contribution in [3.05, 3.63) is 41.2 Å². The molecule has 2 saturated heterocycles. The zero-order valence-electron chi connectivity index (χ0n) is 23.9. The molecule has 11 heteroatoms. The van der Waals surface area contributed by atoms with Crippen LogP contribution in [-0.2, 0) is 4.74 Å². The van der Waals surface area contributed by atoms with Crippen molar-refractivity contribution >= 4 is 28.7 Å². The van der Waals surface area contributed by atoms with Crippen LogP contribution in [0.4, 0.5) is 17.2 Å². The number of carbonyl (C=O) groups is 1. The number of aryl methyl sites for hydroxylation is 1. The minimum atomic E-state index is -0.0410. The van der Waals surface area contributed by atoms with Crippen LogP contribution >= 0.6 is 0 Å². The van der Waals surface area contributed by atoms with Crippen molar-refractivity contribution in [2.75, 3.05) is 69.8 Å². The number of nitrogens with one attached hydrogen (secondary N) is 2. The zero-order chi connectivity index (χ0) is 28.8. The number of hydrogen-bond acceptors (Lipinski definition) is 10. The Balaban J connectivity index is 1.37. The summed E-state index contributed by atoms with van der Waals surface area (Å²) in [7, 11) is 0. The Bertz CT molecular complexity index is 1330. The molecule has 2 aromatic rings. The van der Waals surface area contributed by atoms with Gasteiger partial charge in [0.05, 0.1) is 35.7 Å². The highest BCUT2D eigenvalue weighted by atomic mass is 16.6. The Morgan fingerprint density at radius 2 is 1.85 bits per heavy atom. The number of fused-ring (bicyclic) bond motifs is 1. The maximum atomic E-state index is 13.6. The second-order valence-corrected chi connectivity index (χ2v) is 10.4. The van der Waals surface area contributed by atoms with Gasteiger partial charge in [0, 0.05) is 62.3 Å². The largest absolute Gasteiger partial charge is 0.485 e. The Morgan fingerprint density at radius 3 is 2.54 bits per heavy atom. The van der Waals surface area contributed by atoms with E-state index in [1.807, 2.05) is 24.0 Å². The molecule has 0 radical (unpaired) electrons. The quantitative estimate of drug-likeness (QED) is 0.411. The van der Waals surface area contributed by atoms with Crippen molar-refractivity contribution < 1.29 is 19.0 Å². The minimum absolute atomic E-state index is 0.0410. The highest BCUT2D eigenvalue weighted by Crippen LogP contribution is 2.43. The first-order valence-corrected chi connectivity index (χ1v) is 14.4. The number of rotatable bonds is 8. The fourth-order valence-electron chi connectivity index (χ4n) is 5.74. The first-order chi connectivity index (χ1) is 20.0. The van der Waals surface area contributed by atoms with Crippen LogP contribution in [0.1, 0.15) is 47.8 Å². The number of anilines is 3. The van der Waals surface area contributed by atoms with E-state index in [4.69, 9.17) is 24.9 Å². The van der Waals surface area contributed by atoms with Crippen LogP contribution in [0.2, 0.25) is 0 Å². The molecule has 3 aliphatic heterocycles. The first-order valence-electron chi connectivity index (χ1n) is 14.4. The smallest absolute Gasteiger partial charge is 0.257 e. The molecule has 1 amide bonds. The van der Waals surface area contributed by atoms with E-state index in [1.54, 1.807) is 6.07 Å². The summed E-state index contributed by atoms with van der Waals surface area (Å²) in [5.41, 5.74) is 9.33. The van der Waals surface area contributed by atoms with E-state index in [0.29, 0.717) is 77.7 Å². The van der Waals surface area contributed by atoms with Crippen LogP contribution in [0.15, 0.2) is 24.4 Å². The summed E-state index contributed by atoms with van der Waals surface area (Å²) in [4.78, 5) is 22.8. The van der Waals surface area contributed by atoms with Gasteiger partial charge in [0.2, 0.25) is 0 Å². The molecule has 0 bridgehead atoms. The normalized spacial score (nSPS) is 18.1. The van der Waals surface area contributed by atoms with Crippen molar-refractivity contribution in [1.29, 1.82) is 5.26 Å². The Labute approximate surface area is 241 Å². The average molecular weight is 562 g/mol. The van der Waals surface area contributed by atoms with Crippen LogP contribution in [0.25, 0.3) is 5.57 Å². The van der Waals surface area contributed by atoms with E-state index in [-0.39, 0.29) is 5.91 Å². The van der Waals surface area contributed by atoms with Gasteiger partial charge in [0.25, 0.3) is 5.91 Å². The number of nitriles is 1. The summed E-state index contributed by atoms with van der Waals surface area (Å²) >= 11 is 0. The molecule has 4 heterocycles. The molecule has 4 N–H and O–H groups in total. The lowest BCUT2D eigenvalue weighted by atomic mass is 10.0. The Hall–Kier alpha value is -4.01. The van der Waals surface area contributed by atoms with E-state index in [0.717, 1.165) is 57.8 Å². The highest BCUT2D eigenvalue weighted by molar-refractivity contribution is 5.99. The van der Waals surface area contributed by atoms with Crippen LogP contribution in [0.5, 0.6) is 11.5 Å². The van der Waals surface area contributed by atoms with E-state index < -0.39 is 0 Å². The van der Waals surface area contributed by atoms with Crippen LogP contribution in [0, 0.1) is 18.3 Å². The molecule has 5 rings (SSSR count). The highest BCUT2D eigenvalue weighted by Gasteiger charge is 2.31. The number of morpholine rings is 1. The van der Waals surface area contributed by atoms with E-state index in [1.165, 1.54) is 6.20 Å². The maximum Gasteiger partial charge on any atom is 0.257 e. The lowest BCUT2D eigenvalue weighted by molar-refractivity contribution is 0.00152. The molecule has 218 valence electrons. The topological polar surface area (TPSA) is 138 Å². The number of hydrogen-bond donors (Lipinski definition) is 3. The molecule has 0 unspecified atom stereocenters. The summed E-state index contributed by atoms with van der Waals surface area (Å²) in [6.45, 7) is 10.3.